The van der Waals surface area contributed by atoms with Crippen LogP contribution in [-0.4, -0.2) is 40.4 Å². The normalized spacial score (nSPS) is 18.3. The van der Waals surface area contributed by atoms with Crippen molar-refractivity contribution in [3.05, 3.63) is 24.9 Å². The first kappa shape index (κ1) is 17.2. The van der Waals surface area contributed by atoms with Gasteiger partial charge in [0.25, 0.3) is 0 Å². The summed E-state index contributed by atoms with van der Waals surface area (Å²) >= 11 is 0. The van der Waals surface area contributed by atoms with E-state index in [0.717, 1.165) is 19.5 Å². The molecule has 0 saturated carbocycles. The molecule has 0 unspecified atom stereocenters. The van der Waals surface area contributed by atoms with Crippen LogP contribution in [0.15, 0.2) is 24.9 Å². The van der Waals surface area contributed by atoms with Crippen molar-refractivity contribution < 1.29 is 10.2 Å². The molecule has 1 heterocycles. The zero-order valence-corrected chi connectivity index (χ0v) is 11.9. The van der Waals surface area contributed by atoms with Gasteiger partial charge in [-0.15, -0.1) is 6.58 Å². The molecular formula is C15H29NO2. The van der Waals surface area contributed by atoms with E-state index in [-0.39, 0.29) is 6.61 Å². The predicted molar refractivity (Wildman–Crippen MR) is 77.4 cm³/mol. The van der Waals surface area contributed by atoms with Crippen molar-refractivity contribution >= 4 is 0 Å². The molecule has 106 valence electrons. The first-order valence-corrected chi connectivity index (χ1v) is 6.93. The van der Waals surface area contributed by atoms with Crippen LogP contribution in [0, 0.1) is 0 Å². The molecule has 0 aromatic heterocycles. The van der Waals surface area contributed by atoms with Crippen LogP contribution in [0.25, 0.3) is 0 Å². The summed E-state index contributed by atoms with van der Waals surface area (Å²) in [5, 5.41) is 18.8. The van der Waals surface area contributed by atoms with Gasteiger partial charge in [-0.2, -0.15) is 0 Å². The van der Waals surface area contributed by atoms with Crippen LogP contribution in [0.5, 0.6) is 0 Å². The summed E-state index contributed by atoms with van der Waals surface area (Å²) in [4.78, 5) is 2.22. The summed E-state index contributed by atoms with van der Waals surface area (Å²) in [5.74, 6) is 0. The van der Waals surface area contributed by atoms with Gasteiger partial charge in [0.05, 0.1) is 12.2 Å². The zero-order valence-electron chi connectivity index (χ0n) is 11.9. The molecule has 0 aliphatic carbocycles. The van der Waals surface area contributed by atoms with Crippen molar-refractivity contribution in [3.8, 4) is 0 Å². The van der Waals surface area contributed by atoms with Gasteiger partial charge in [0.15, 0.2) is 0 Å². The maximum Gasteiger partial charge on any atom is 0.0911 e. The Morgan fingerprint density at radius 2 is 1.89 bits per heavy atom. The summed E-state index contributed by atoms with van der Waals surface area (Å²) in [5.41, 5.74) is -0.826. The van der Waals surface area contributed by atoms with E-state index in [1.54, 1.807) is 6.08 Å². The van der Waals surface area contributed by atoms with Gasteiger partial charge in [-0.1, -0.05) is 31.9 Å². The van der Waals surface area contributed by atoms with Gasteiger partial charge in [0.1, 0.15) is 0 Å². The lowest BCUT2D eigenvalue weighted by molar-refractivity contribution is -0.0526. The molecule has 3 heteroatoms. The molecule has 18 heavy (non-hydrogen) atoms. The quantitative estimate of drug-likeness (QED) is 0.586. The number of hydrogen-bond donors (Lipinski definition) is 2. The number of aliphatic hydroxyl groups is 2. The molecule has 1 saturated heterocycles. The number of rotatable bonds is 5. The number of allylic oxidation sites excluding steroid dienone is 2. The van der Waals surface area contributed by atoms with Crippen LogP contribution < -0.4 is 0 Å². The van der Waals surface area contributed by atoms with E-state index in [2.05, 4.69) is 30.7 Å². The summed E-state index contributed by atoms with van der Waals surface area (Å²) in [7, 11) is 0. The summed E-state index contributed by atoms with van der Waals surface area (Å²) < 4.78 is 0. The minimum absolute atomic E-state index is 0.111. The second-order valence-corrected chi connectivity index (χ2v) is 4.85. The maximum atomic E-state index is 9.81. The fraction of sp³-hybridized carbons (Fsp3) is 0.733. The van der Waals surface area contributed by atoms with E-state index < -0.39 is 5.60 Å². The van der Waals surface area contributed by atoms with E-state index in [1.807, 2.05) is 6.92 Å². The lowest BCUT2D eigenvalue weighted by Crippen LogP contribution is -2.44. The minimum atomic E-state index is -0.826. The molecule has 1 fully saturated rings. The molecule has 0 amide bonds. The monoisotopic (exact) mass is 255 g/mol. The lowest BCUT2D eigenvalue weighted by Gasteiger charge is -2.36. The van der Waals surface area contributed by atoms with Crippen molar-refractivity contribution in [1.82, 2.24) is 4.90 Å². The predicted octanol–water partition coefficient (Wildman–Crippen LogP) is 2.70. The summed E-state index contributed by atoms with van der Waals surface area (Å²) in [6.07, 6.45) is 11.0. The van der Waals surface area contributed by atoms with E-state index in [4.69, 9.17) is 5.11 Å². The highest BCUT2D eigenvalue weighted by molar-refractivity contribution is 4.91. The highest BCUT2D eigenvalue weighted by Crippen LogP contribution is 2.21. The highest BCUT2D eigenvalue weighted by atomic mass is 16.3. The molecule has 0 radical (unpaired) electrons. The third-order valence-electron chi connectivity index (χ3n) is 3.06. The Balaban J connectivity index is 0.000000873. The number of aliphatic hydroxyl groups excluding tert-OH is 1. The third-order valence-corrected chi connectivity index (χ3v) is 3.06. The average Bonchev–Trinajstić information content (AvgIpc) is 2.38. The van der Waals surface area contributed by atoms with Crippen molar-refractivity contribution in [2.24, 2.45) is 0 Å². The van der Waals surface area contributed by atoms with Crippen molar-refractivity contribution in [2.45, 2.75) is 51.6 Å². The van der Waals surface area contributed by atoms with Crippen LogP contribution in [0.2, 0.25) is 0 Å². The minimum Gasteiger partial charge on any atom is -0.393 e. The Kier molecular flexibility index (Phi) is 9.70. The average molecular weight is 255 g/mol. The van der Waals surface area contributed by atoms with Gasteiger partial charge < -0.3 is 15.1 Å². The van der Waals surface area contributed by atoms with Crippen molar-refractivity contribution in [2.75, 3.05) is 19.7 Å². The van der Waals surface area contributed by atoms with Gasteiger partial charge in [-0.25, -0.2) is 0 Å². The van der Waals surface area contributed by atoms with Gasteiger partial charge in [0, 0.05) is 13.1 Å². The van der Waals surface area contributed by atoms with Gasteiger partial charge in [-0.05, 0) is 32.4 Å². The number of piperidine rings is 1. The SMILES string of the molecule is C=CC.CCCC/C=C/N1CCC(O)(CO)CC1. The second kappa shape index (κ2) is 10.2. The molecule has 1 aliphatic heterocycles. The molecular weight excluding hydrogens is 226 g/mol. The number of nitrogens with zero attached hydrogens (tertiary/aromatic N) is 1. The largest absolute Gasteiger partial charge is 0.393 e. The maximum absolute atomic E-state index is 9.81. The Bertz CT molecular complexity index is 231. The van der Waals surface area contributed by atoms with Gasteiger partial charge >= 0.3 is 0 Å². The Morgan fingerprint density at radius 1 is 1.33 bits per heavy atom. The van der Waals surface area contributed by atoms with Crippen LogP contribution in [0.3, 0.4) is 0 Å². The number of unbranched alkanes of at least 4 members (excludes halogenated alkanes) is 2. The molecule has 1 aliphatic rings. The summed E-state index contributed by atoms with van der Waals surface area (Å²) in [6.45, 7) is 9.02. The fourth-order valence-electron chi connectivity index (χ4n) is 1.79. The van der Waals surface area contributed by atoms with Gasteiger partial charge in [0.2, 0.25) is 0 Å². The second-order valence-electron chi connectivity index (χ2n) is 4.85. The lowest BCUT2D eigenvalue weighted by atomic mass is 9.93. The van der Waals surface area contributed by atoms with Crippen LogP contribution >= 0.6 is 0 Å². The fourth-order valence-corrected chi connectivity index (χ4v) is 1.79. The van der Waals surface area contributed by atoms with Crippen LogP contribution in [-0.2, 0) is 0 Å². The van der Waals surface area contributed by atoms with Gasteiger partial charge in [-0.3, -0.25) is 0 Å². The first-order chi connectivity index (χ1) is 8.61. The standard InChI is InChI=1S/C12H23NO2.C3H6/c1-2-3-4-5-8-13-9-6-12(15,11-14)7-10-13;1-3-2/h5,8,14-15H,2-4,6-7,9-11H2,1H3;3H,1H2,2H3/b8-5+;. The molecule has 1 rings (SSSR count). The van der Waals surface area contributed by atoms with E-state index in [9.17, 15) is 5.11 Å². The number of hydrogen-bond acceptors (Lipinski definition) is 3. The van der Waals surface area contributed by atoms with E-state index >= 15 is 0 Å². The van der Waals surface area contributed by atoms with E-state index in [0.29, 0.717) is 12.8 Å². The Hall–Kier alpha value is -0.800. The molecule has 0 spiro atoms. The Morgan fingerprint density at radius 3 is 2.33 bits per heavy atom. The third kappa shape index (κ3) is 7.51. The molecule has 0 atom stereocenters. The topological polar surface area (TPSA) is 43.7 Å². The van der Waals surface area contributed by atoms with Crippen molar-refractivity contribution in [3.63, 3.8) is 0 Å². The molecule has 2 N–H and O–H groups in total. The van der Waals surface area contributed by atoms with Crippen molar-refractivity contribution in [1.29, 1.82) is 0 Å². The summed E-state index contributed by atoms with van der Waals surface area (Å²) in [6, 6.07) is 0. The number of likely N-dealkylation sites (tertiary alicyclic amines) is 1. The van der Waals surface area contributed by atoms with E-state index in [1.165, 1.54) is 12.8 Å². The Labute approximate surface area is 112 Å². The molecule has 3 nitrogen and oxygen atoms in total. The van der Waals surface area contributed by atoms with Crippen LogP contribution in [0.4, 0.5) is 0 Å². The smallest absolute Gasteiger partial charge is 0.0911 e. The highest BCUT2D eigenvalue weighted by Gasteiger charge is 2.30. The molecule has 0 aromatic carbocycles. The van der Waals surface area contributed by atoms with Crippen LogP contribution in [0.1, 0.15) is 46.0 Å². The zero-order chi connectivity index (χ0) is 13.9. The molecule has 0 aromatic rings. The molecule has 0 bridgehead atoms. The first-order valence-electron chi connectivity index (χ1n) is 6.93.